The van der Waals surface area contributed by atoms with Crippen molar-refractivity contribution in [1.29, 1.82) is 0 Å². The molecule has 1 N–H and O–H groups in total. The molecule has 0 unspecified atom stereocenters. The molecule has 7 nitrogen and oxygen atoms in total. The number of nitrogens with zero attached hydrogens (tertiary/aromatic N) is 4. The first-order valence-electron chi connectivity index (χ1n) is 8.11. The summed E-state index contributed by atoms with van der Waals surface area (Å²) in [5.41, 5.74) is 0.945. The summed E-state index contributed by atoms with van der Waals surface area (Å²) in [6.45, 7) is 1.77. The zero-order valence-electron chi connectivity index (χ0n) is 14.3. The molecule has 0 atom stereocenters. The van der Waals surface area contributed by atoms with Crippen molar-refractivity contribution in [3.63, 3.8) is 0 Å². The average Bonchev–Trinajstić information content (AvgIpc) is 3.41. The number of thioether (sulfide) groups is 1. The zero-order chi connectivity index (χ0) is 18.6. The monoisotopic (exact) mass is 397 g/mol. The Bertz CT molecular complexity index is 1040. The number of nitrogens with one attached hydrogen (secondary N) is 1. The molecule has 4 aromatic rings. The molecular weight excluding hydrogens is 382 g/mol. The third kappa shape index (κ3) is 3.93. The number of anilines is 1. The maximum atomic E-state index is 12.2. The number of benzene rings is 1. The van der Waals surface area contributed by atoms with Gasteiger partial charge in [0.25, 0.3) is 0 Å². The van der Waals surface area contributed by atoms with Crippen molar-refractivity contribution in [3.05, 3.63) is 59.7 Å². The number of carbonyl (C=O) groups is 1. The first kappa shape index (κ1) is 17.5. The molecule has 4 rings (SSSR count). The van der Waals surface area contributed by atoms with E-state index >= 15 is 0 Å². The van der Waals surface area contributed by atoms with Gasteiger partial charge in [-0.15, -0.1) is 21.5 Å². The predicted octanol–water partition coefficient (Wildman–Crippen LogP) is 4.02. The van der Waals surface area contributed by atoms with Crippen LogP contribution in [0.2, 0.25) is 0 Å². The molecule has 136 valence electrons. The molecule has 0 aliphatic carbocycles. The maximum Gasteiger partial charge on any atom is 0.236 e. The molecule has 0 bridgehead atoms. The van der Waals surface area contributed by atoms with Crippen LogP contribution in [0, 0.1) is 6.92 Å². The van der Waals surface area contributed by atoms with Gasteiger partial charge < -0.3 is 9.84 Å². The van der Waals surface area contributed by atoms with Gasteiger partial charge in [-0.2, -0.15) is 0 Å². The molecule has 0 saturated carbocycles. The molecular formula is C18H15N5O2S2. The smallest absolute Gasteiger partial charge is 0.236 e. The lowest BCUT2D eigenvalue weighted by molar-refractivity contribution is -0.113. The molecule has 0 saturated heterocycles. The highest BCUT2D eigenvalue weighted by atomic mass is 32.2. The lowest BCUT2D eigenvalue weighted by Gasteiger charge is -2.09. The summed E-state index contributed by atoms with van der Waals surface area (Å²) in [6.07, 6.45) is 0. The molecule has 9 heteroatoms. The Morgan fingerprint density at radius 3 is 2.78 bits per heavy atom. The fraction of sp³-hybridized carbons (Fsp3) is 0.111. The lowest BCUT2D eigenvalue weighted by atomic mass is 10.3. The van der Waals surface area contributed by atoms with E-state index in [-0.39, 0.29) is 11.7 Å². The Morgan fingerprint density at radius 2 is 2.07 bits per heavy atom. The van der Waals surface area contributed by atoms with Crippen LogP contribution in [0.5, 0.6) is 0 Å². The van der Waals surface area contributed by atoms with Crippen LogP contribution in [0.25, 0.3) is 16.4 Å². The van der Waals surface area contributed by atoms with Gasteiger partial charge in [0.2, 0.25) is 5.91 Å². The summed E-state index contributed by atoms with van der Waals surface area (Å²) in [7, 11) is 0. The van der Waals surface area contributed by atoms with Crippen LogP contribution < -0.4 is 5.32 Å². The number of rotatable bonds is 6. The Labute approximate surface area is 163 Å². The molecule has 3 aromatic heterocycles. The van der Waals surface area contributed by atoms with E-state index in [0.717, 1.165) is 16.4 Å². The van der Waals surface area contributed by atoms with Crippen LogP contribution in [-0.4, -0.2) is 31.6 Å². The Balaban J connectivity index is 1.56. The van der Waals surface area contributed by atoms with E-state index < -0.39 is 0 Å². The fourth-order valence-electron chi connectivity index (χ4n) is 2.47. The minimum atomic E-state index is -0.186. The highest BCUT2D eigenvalue weighted by Crippen LogP contribution is 2.30. The van der Waals surface area contributed by atoms with Crippen LogP contribution in [0.15, 0.2) is 63.6 Å². The Hall–Kier alpha value is -2.91. The highest BCUT2D eigenvalue weighted by molar-refractivity contribution is 7.99. The van der Waals surface area contributed by atoms with Crippen LogP contribution in [0.3, 0.4) is 0 Å². The molecule has 0 aliphatic rings. The van der Waals surface area contributed by atoms with Crippen LogP contribution in [0.1, 0.15) is 5.76 Å². The van der Waals surface area contributed by atoms with Gasteiger partial charge in [0.15, 0.2) is 16.8 Å². The number of aryl methyl sites for hydroxylation is 1. The first-order valence-corrected chi connectivity index (χ1v) is 9.98. The quantitative estimate of drug-likeness (QED) is 0.495. The first-order chi connectivity index (χ1) is 13.2. The van der Waals surface area contributed by atoms with E-state index in [0.29, 0.717) is 16.7 Å². The number of aromatic nitrogens is 4. The van der Waals surface area contributed by atoms with E-state index in [2.05, 4.69) is 20.7 Å². The summed E-state index contributed by atoms with van der Waals surface area (Å²) in [6, 6.07) is 15.5. The van der Waals surface area contributed by atoms with Gasteiger partial charge in [-0.3, -0.25) is 9.36 Å². The predicted molar refractivity (Wildman–Crippen MR) is 105 cm³/mol. The van der Waals surface area contributed by atoms with Crippen LogP contribution >= 0.6 is 23.1 Å². The van der Waals surface area contributed by atoms with Crippen molar-refractivity contribution in [1.82, 2.24) is 19.9 Å². The highest BCUT2D eigenvalue weighted by Gasteiger charge is 2.18. The second-order valence-corrected chi connectivity index (χ2v) is 7.50. The number of hydrogen-bond donors (Lipinski definition) is 1. The van der Waals surface area contributed by atoms with E-state index in [9.17, 15) is 4.79 Å². The van der Waals surface area contributed by atoms with Crippen molar-refractivity contribution >= 4 is 34.8 Å². The van der Waals surface area contributed by atoms with Gasteiger partial charge in [0, 0.05) is 11.8 Å². The van der Waals surface area contributed by atoms with Gasteiger partial charge in [-0.1, -0.05) is 41.2 Å². The average molecular weight is 397 g/mol. The Kier molecular flexibility index (Phi) is 5.03. The molecule has 1 aromatic carbocycles. The molecule has 27 heavy (non-hydrogen) atoms. The van der Waals surface area contributed by atoms with E-state index in [1.807, 2.05) is 52.4 Å². The molecule has 0 fully saturated rings. The van der Waals surface area contributed by atoms with Gasteiger partial charge >= 0.3 is 0 Å². The number of amides is 1. The summed E-state index contributed by atoms with van der Waals surface area (Å²) >= 11 is 2.91. The minimum Gasteiger partial charge on any atom is -0.360 e. The number of para-hydroxylation sites is 1. The van der Waals surface area contributed by atoms with Crippen molar-refractivity contribution in [2.45, 2.75) is 12.1 Å². The summed E-state index contributed by atoms with van der Waals surface area (Å²) < 4.78 is 6.92. The molecule has 0 radical (unpaired) electrons. The third-order valence-corrected chi connectivity index (χ3v) is 5.41. The minimum absolute atomic E-state index is 0.182. The molecule has 0 spiro atoms. The summed E-state index contributed by atoms with van der Waals surface area (Å²) in [4.78, 5) is 13.2. The molecule has 3 heterocycles. The normalized spacial score (nSPS) is 10.9. The lowest BCUT2D eigenvalue weighted by Crippen LogP contribution is -2.14. The van der Waals surface area contributed by atoms with Crippen molar-refractivity contribution in [3.8, 4) is 16.4 Å². The van der Waals surface area contributed by atoms with E-state index in [1.165, 1.54) is 11.8 Å². The van der Waals surface area contributed by atoms with Gasteiger partial charge in [-0.25, -0.2) is 0 Å². The second-order valence-electron chi connectivity index (χ2n) is 5.61. The van der Waals surface area contributed by atoms with Crippen molar-refractivity contribution < 1.29 is 9.32 Å². The summed E-state index contributed by atoms with van der Waals surface area (Å²) in [5, 5.41) is 17.8. The van der Waals surface area contributed by atoms with Crippen LogP contribution in [0.4, 0.5) is 5.82 Å². The standard InChI is InChI=1S/C18H15N5O2S2/c1-12-10-15(22-25-12)19-16(24)11-27-18-21-20-17(14-8-5-9-26-14)23(18)13-6-3-2-4-7-13/h2-10H,11H2,1H3,(H,19,22,24). The topological polar surface area (TPSA) is 85.8 Å². The Morgan fingerprint density at radius 1 is 1.22 bits per heavy atom. The van der Waals surface area contributed by atoms with Gasteiger partial charge in [-0.05, 0) is 30.5 Å². The van der Waals surface area contributed by atoms with Gasteiger partial charge in [0.1, 0.15) is 5.76 Å². The van der Waals surface area contributed by atoms with Crippen molar-refractivity contribution in [2.75, 3.05) is 11.1 Å². The number of carbonyl (C=O) groups excluding carboxylic acids is 1. The molecule has 1 amide bonds. The summed E-state index contributed by atoms with van der Waals surface area (Å²) in [5.74, 6) is 1.80. The van der Waals surface area contributed by atoms with Crippen LogP contribution in [-0.2, 0) is 4.79 Å². The zero-order valence-corrected chi connectivity index (χ0v) is 16.0. The van der Waals surface area contributed by atoms with Gasteiger partial charge in [0.05, 0.1) is 10.6 Å². The second kappa shape index (κ2) is 7.77. The van der Waals surface area contributed by atoms with E-state index in [1.54, 1.807) is 24.3 Å². The largest absolute Gasteiger partial charge is 0.360 e. The SMILES string of the molecule is Cc1cc(NC(=O)CSc2nnc(-c3cccs3)n2-c2ccccc2)no1. The third-order valence-electron chi connectivity index (χ3n) is 3.62. The number of thiophene rings is 1. The van der Waals surface area contributed by atoms with Crippen molar-refractivity contribution in [2.24, 2.45) is 0 Å². The number of hydrogen-bond acceptors (Lipinski definition) is 7. The van der Waals surface area contributed by atoms with E-state index in [4.69, 9.17) is 4.52 Å². The molecule has 0 aliphatic heterocycles. The maximum absolute atomic E-state index is 12.2. The fourth-order valence-corrected chi connectivity index (χ4v) is 3.92.